The van der Waals surface area contributed by atoms with Gasteiger partial charge in [0.1, 0.15) is 0 Å². The summed E-state index contributed by atoms with van der Waals surface area (Å²) in [5.74, 6) is 2.17. The molecule has 0 unspecified atom stereocenters. The van der Waals surface area contributed by atoms with Gasteiger partial charge >= 0.3 is 0 Å². The molecule has 0 saturated carbocycles. The average molecular weight is 295 g/mol. The third-order valence-electron chi connectivity index (χ3n) is 4.70. The Morgan fingerprint density at radius 3 is 2.95 bits per heavy atom. The Morgan fingerprint density at radius 2 is 2.05 bits per heavy atom. The number of aromatic nitrogens is 1. The van der Waals surface area contributed by atoms with E-state index in [2.05, 4.69) is 31.2 Å². The summed E-state index contributed by atoms with van der Waals surface area (Å²) in [5.41, 5.74) is 5.23. The number of hydrogen-bond acceptors (Lipinski definition) is 3. The van der Waals surface area contributed by atoms with E-state index in [-0.39, 0.29) is 0 Å². The van der Waals surface area contributed by atoms with Crippen LogP contribution in [0.2, 0.25) is 0 Å². The van der Waals surface area contributed by atoms with Gasteiger partial charge in [0.05, 0.1) is 0 Å². The summed E-state index contributed by atoms with van der Waals surface area (Å²) in [7, 11) is 0. The molecule has 1 aliphatic carbocycles. The van der Waals surface area contributed by atoms with Crippen LogP contribution in [0.25, 0.3) is 0 Å². The number of benzene rings is 1. The van der Waals surface area contributed by atoms with E-state index < -0.39 is 0 Å². The van der Waals surface area contributed by atoms with Gasteiger partial charge in [0.15, 0.2) is 11.5 Å². The maximum Gasteiger partial charge on any atom is 0.231 e. The molecule has 0 spiro atoms. The minimum absolute atomic E-state index is 0.336. The Hall–Kier alpha value is -2.03. The number of pyridine rings is 1. The van der Waals surface area contributed by atoms with E-state index in [0.717, 1.165) is 30.8 Å². The lowest BCUT2D eigenvalue weighted by Gasteiger charge is -2.13. The Kier molecular flexibility index (Phi) is 3.49. The summed E-state index contributed by atoms with van der Waals surface area (Å²) in [6, 6.07) is 10.8. The second-order valence-electron chi connectivity index (χ2n) is 6.15. The molecule has 2 aromatic rings. The monoisotopic (exact) mass is 295 g/mol. The molecule has 2 heterocycles. The van der Waals surface area contributed by atoms with Crippen molar-refractivity contribution in [3.63, 3.8) is 0 Å². The molecule has 0 saturated heterocycles. The first kappa shape index (κ1) is 13.6. The van der Waals surface area contributed by atoms with Crippen LogP contribution in [-0.4, -0.2) is 11.8 Å². The van der Waals surface area contributed by atoms with Gasteiger partial charge in [-0.3, -0.25) is 4.98 Å². The smallest absolute Gasteiger partial charge is 0.231 e. The van der Waals surface area contributed by atoms with E-state index in [1.54, 1.807) is 0 Å². The third-order valence-corrected chi connectivity index (χ3v) is 4.70. The van der Waals surface area contributed by atoms with E-state index >= 15 is 0 Å². The number of aryl methyl sites for hydroxylation is 2. The molecule has 0 radical (unpaired) electrons. The normalized spacial score (nSPS) is 18.5. The van der Waals surface area contributed by atoms with Crippen molar-refractivity contribution in [1.29, 1.82) is 0 Å². The van der Waals surface area contributed by atoms with Crippen LogP contribution in [-0.2, 0) is 12.8 Å². The zero-order chi connectivity index (χ0) is 14.9. The molecule has 1 aromatic carbocycles. The van der Waals surface area contributed by atoms with E-state index in [0.29, 0.717) is 12.7 Å². The largest absolute Gasteiger partial charge is 0.454 e. The number of fused-ring (bicyclic) bond motifs is 2. The molecule has 114 valence electrons. The first-order valence-electron chi connectivity index (χ1n) is 8.23. The molecule has 1 aliphatic heterocycles. The SMILES string of the molecule is CCCCc1ccc2c(n1)CC[C@H]2c1ccc2c(c1)OCO2. The van der Waals surface area contributed by atoms with Crippen LogP contribution in [0.3, 0.4) is 0 Å². The van der Waals surface area contributed by atoms with Crippen molar-refractivity contribution in [3.8, 4) is 11.5 Å². The zero-order valence-corrected chi connectivity index (χ0v) is 13.0. The lowest BCUT2D eigenvalue weighted by molar-refractivity contribution is 0.174. The Labute approximate surface area is 131 Å². The van der Waals surface area contributed by atoms with Gasteiger partial charge in [0.25, 0.3) is 0 Å². The summed E-state index contributed by atoms with van der Waals surface area (Å²) in [5, 5.41) is 0. The molecular formula is C19H21NO2. The Bertz CT molecular complexity index is 696. The first-order chi connectivity index (χ1) is 10.8. The second kappa shape index (κ2) is 5.64. The standard InChI is InChI=1S/C19H21NO2/c1-2-3-4-14-6-7-16-15(8-9-17(16)20-14)13-5-10-18-19(11-13)22-12-21-18/h5-7,10-11,15H,2-4,8-9,12H2,1H3/t15-/m0/s1. The molecule has 0 amide bonds. The Balaban J connectivity index is 1.61. The fourth-order valence-electron chi connectivity index (χ4n) is 3.48. The van der Waals surface area contributed by atoms with Crippen LogP contribution >= 0.6 is 0 Å². The molecule has 3 heteroatoms. The number of hydrogen-bond donors (Lipinski definition) is 0. The minimum atomic E-state index is 0.336. The second-order valence-corrected chi connectivity index (χ2v) is 6.15. The van der Waals surface area contributed by atoms with Gasteiger partial charge < -0.3 is 9.47 Å². The molecule has 0 fully saturated rings. The first-order valence-corrected chi connectivity index (χ1v) is 8.23. The van der Waals surface area contributed by atoms with E-state index in [4.69, 9.17) is 14.5 Å². The van der Waals surface area contributed by atoms with Crippen LogP contribution in [0.1, 0.15) is 54.6 Å². The molecule has 0 N–H and O–H groups in total. The van der Waals surface area contributed by atoms with Crippen LogP contribution in [0, 0.1) is 0 Å². The van der Waals surface area contributed by atoms with Gasteiger partial charge in [-0.25, -0.2) is 0 Å². The van der Waals surface area contributed by atoms with Crippen molar-refractivity contribution >= 4 is 0 Å². The quantitative estimate of drug-likeness (QED) is 0.846. The zero-order valence-electron chi connectivity index (χ0n) is 13.0. The molecule has 3 nitrogen and oxygen atoms in total. The van der Waals surface area contributed by atoms with Gasteiger partial charge in [0.2, 0.25) is 6.79 Å². The lowest BCUT2D eigenvalue weighted by atomic mass is 9.93. The lowest BCUT2D eigenvalue weighted by Crippen LogP contribution is -1.99. The van der Waals surface area contributed by atoms with E-state index in [1.165, 1.54) is 35.4 Å². The highest BCUT2D eigenvalue weighted by molar-refractivity contribution is 5.49. The summed E-state index contributed by atoms with van der Waals surface area (Å²) in [6.07, 6.45) is 5.75. The fraction of sp³-hybridized carbons (Fsp3) is 0.421. The third kappa shape index (κ3) is 2.35. The van der Waals surface area contributed by atoms with Gasteiger partial charge in [0, 0.05) is 17.3 Å². The van der Waals surface area contributed by atoms with Crippen molar-refractivity contribution in [2.24, 2.45) is 0 Å². The summed E-state index contributed by atoms with van der Waals surface area (Å²) < 4.78 is 10.9. The number of ether oxygens (including phenoxy) is 2. The van der Waals surface area contributed by atoms with Crippen molar-refractivity contribution < 1.29 is 9.47 Å². The number of unbranched alkanes of at least 4 members (excludes halogenated alkanes) is 1. The highest BCUT2D eigenvalue weighted by Crippen LogP contribution is 2.41. The van der Waals surface area contributed by atoms with Crippen LogP contribution in [0.15, 0.2) is 30.3 Å². The van der Waals surface area contributed by atoms with Gasteiger partial charge in [-0.1, -0.05) is 25.5 Å². The van der Waals surface area contributed by atoms with Crippen molar-refractivity contribution in [2.75, 3.05) is 6.79 Å². The summed E-state index contributed by atoms with van der Waals surface area (Å²) in [4.78, 5) is 4.88. The fourth-order valence-corrected chi connectivity index (χ4v) is 3.48. The minimum Gasteiger partial charge on any atom is -0.454 e. The van der Waals surface area contributed by atoms with E-state index in [9.17, 15) is 0 Å². The molecule has 0 bridgehead atoms. The van der Waals surface area contributed by atoms with E-state index in [1.807, 2.05) is 6.07 Å². The van der Waals surface area contributed by atoms with Crippen LogP contribution in [0.5, 0.6) is 11.5 Å². The number of nitrogens with zero attached hydrogens (tertiary/aromatic N) is 1. The highest BCUT2D eigenvalue weighted by atomic mass is 16.7. The van der Waals surface area contributed by atoms with Crippen LogP contribution < -0.4 is 9.47 Å². The molecule has 1 atom stereocenters. The molecule has 22 heavy (non-hydrogen) atoms. The molecule has 1 aromatic heterocycles. The van der Waals surface area contributed by atoms with Crippen LogP contribution in [0.4, 0.5) is 0 Å². The number of rotatable bonds is 4. The molecule has 2 aliphatic rings. The highest BCUT2D eigenvalue weighted by Gasteiger charge is 2.27. The molecule has 4 rings (SSSR count). The topological polar surface area (TPSA) is 31.4 Å². The van der Waals surface area contributed by atoms with Crippen molar-refractivity contribution in [3.05, 3.63) is 52.8 Å². The van der Waals surface area contributed by atoms with Gasteiger partial charge in [-0.05, 0) is 55.0 Å². The van der Waals surface area contributed by atoms with Gasteiger partial charge in [-0.2, -0.15) is 0 Å². The van der Waals surface area contributed by atoms with Gasteiger partial charge in [-0.15, -0.1) is 0 Å². The maximum absolute atomic E-state index is 5.51. The molecular weight excluding hydrogens is 274 g/mol. The van der Waals surface area contributed by atoms with Crippen molar-refractivity contribution in [1.82, 2.24) is 4.98 Å². The predicted octanol–water partition coefficient (Wildman–Crippen LogP) is 4.23. The Morgan fingerprint density at radius 1 is 1.14 bits per heavy atom. The summed E-state index contributed by atoms with van der Waals surface area (Å²) in [6.45, 7) is 2.56. The maximum atomic E-state index is 5.51. The average Bonchev–Trinajstić information content (AvgIpc) is 3.18. The van der Waals surface area contributed by atoms with Crippen molar-refractivity contribution in [2.45, 2.75) is 44.9 Å². The predicted molar refractivity (Wildman–Crippen MR) is 85.6 cm³/mol. The summed E-state index contributed by atoms with van der Waals surface area (Å²) >= 11 is 0.